The fourth-order valence-electron chi connectivity index (χ4n) is 2.78. The second-order valence-electron chi connectivity index (χ2n) is 5.61. The van der Waals surface area contributed by atoms with Gasteiger partial charge in [0.05, 0.1) is 26.9 Å². The van der Waals surface area contributed by atoms with Gasteiger partial charge in [0, 0.05) is 12.1 Å². The fraction of sp³-hybridized carbons (Fsp3) is 0.500. The number of piperidine rings is 1. The van der Waals surface area contributed by atoms with Gasteiger partial charge in [-0.25, -0.2) is 0 Å². The van der Waals surface area contributed by atoms with Crippen LogP contribution in [0.5, 0.6) is 11.5 Å². The summed E-state index contributed by atoms with van der Waals surface area (Å²) in [6, 6.07) is 5.49. The SMILES string of the molecule is COc1ccc(-c2noc(CN3CCCC(O)C3)n2)cc1OC. The van der Waals surface area contributed by atoms with Crippen LogP contribution in [0.25, 0.3) is 11.4 Å². The van der Waals surface area contributed by atoms with Crippen molar-refractivity contribution in [2.75, 3.05) is 27.3 Å². The maximum atomic E-state index is 9.71. The van der Waals surface area contributed by atoms with Gasteiger partial charge < -0.3 is 19.1 Å². The number of aromatic nitrogens is 2. The van der Waals surface area contributed by atoms with Crippen LogP contribution in [0.1, 0.15) is 18.7 Å². The summed E-state index contributed by atoms with van der Waals surface area (Å²) in [5.41, 5.74) is 0.802. The van der Waals surface area contributed by atoms with E-state index in [1.54, 1.807) is 14.2 Å². The second-order valence-corrected chi connectivity index (χ2v) is 5.61. The zero-order chi connectivity index (χ0) is 16.2. The van der Waals surface area contributed by atoms with Crippen molar-refractivity contribution in [3.05, 3.63) is 24.1 Å². The molecule has 1 N–H and O–H groups in total. The lowest BCUT2D eigenvalue weighted by atomic mass is 10.1. The highest BCUT2D eigenvalue weighted by molar-refractivity contribution is 5.60. The first-order valence-electron chi connectivity index (χ1n) is 7.65. The summed E-state index contributed by atoms with van der Waals surface area (Å²) in [4.78, 5) is 6.56. The number of β-amino-alcohol motifs (C(OH)–C–C–N with tert-alkyl or cyclic N) is 1. The van der Waals surface area contributed by atoms with Crippen LogP contribution < -0.4 is 9.47 Å². The minimum Gasteiger partial charge on any atom is -0.493 e. The Morgan fingerprint density at radius 3 is 2.87 bits per heavy atom. The van der Waals surface area contributed by atoms with Gasteiger partial charge in [0.25, 0.3) is 0 Å². The number of hydrogen-bond donors (Lipinski definition) is 1. The lowest BCUT2D eigenvalue weighted by molar-refractivity contribution is 0.0613. The number of benzene rings is 1. The Kier molecular flexibility index (Phi) is 4.78. The number of ether oxygens (including phenoxy) is 2. The molecule has 23 heavy (non-hydrogen) atoms. The largest absolute Gasteiger partial charge is 0.493 e. The first-order chi connectivity index (χ1) is 11.2. The van der Waals surface area contributed by atoms with Crippen molar-refractivity contribution in [1.29, 1.82) is 0 Å². The predicted molar refractivity (Wildman–Crippen MR) is 83.4 cm³/mol. The maximum Gasteiger partial charge on any atom is 0.241 e. The molecule has 1 unspecified atom stereocenters. The number of aliphatic hydroxyl groups excluding tert-OH is 1. The van der Waals surface area contributed by atoms with Crippen LogP contribution in [-0.4, -0.2) is 53.6 Å². The van der Waals surface area contributed by atoms with Crippen molar-refractivity contribution in [2.24, 2.45) is 0 Å². The lowest BCUT2D eigenvalue weighted by Gasteiger charge is -2.28. The van der Waals surface area contributed by atoms with Crippen molar-refractivity contribution in [3.8, 4) is 22.9 Å². The highest BCUT2D eigenvalue weighted by Gasteiger charge is 2.20. The van der Waals surface area contributed by atoms with Crippen LogP contribution in [0.2, 0.25) is 0 Å². The minimum absolute atomic E-state index is 0.267. The van der Waals surface area contributed by atoms with Crippen molar-refractivity contribution in [3.63, 3.8) is 0 Å². The number of likely N-dealkylation sites (tertiary alicyclic amines) is 1. The molecule has 0 radical (unpaired) electrons. The van der Waals surface area contributed by atoms with Gasteiger partial charge in [0.2, 0.25) is 11.7 Å². The van der Waals surface area contributed by atoms with Gasteiger partial charge in [-0.2, -0.15) is 4.98 Å². The topological polar surface area (TPSA) is 80.9 Å². The molecular formula is C16H21N3O4. The fourth-order valence-corrected chi connectivity index (χ4v) is 2.78. The molecule has 0 amide bonds. The van der Waals surface area contributed by atoms with Gasteiger partial charge in [0.15, 0.2) is 11.5 Å². The van der Waals surface area contributed by atoms with E-state index in [0.29, 0.717) is 36.3 Å². The smallest absolute Gasteiger partial charge is 0.241 e. The summed E-state index contributed by atoms with van der Waals surface area (Å²) in [7, 11) is 3.18. The quantitative estimate of drug-likeness (QED) is 0.898. The summed E-state index contributed by atoms with van der Waals surface area (Å²) in [5, 5.41) is 13.7. The van der Waals surface area contributed by atoms with E-state index in [1.165, 1.54) is 0 Å². The zero-order valence-corrected chi connectivity index (χ0v) is 13.4. The van der Waals surface area contributed by atoms with E-state index in [2.05, 4.69) is 15.0 Å². The van der Waals surface area contributed by atoms with Gasteiger partial charge in [-0.1, -0.05) is 5.16 Å². The number of rotatable bonds is 5. The van der Waals surface area contributed by atoms with Crippen LogP contribution in [0.15, 0.2) is 22.7 Å². The monoisotopic (exact) mass is 319 g/mol. The lowest BCUT2D eigenvalue weighted by Crippen LogP contribution is -2.37. The molecule has 0 bridgehead atoms. The summed E-state index contributed by atoms with van der Waals surface area (Å²) < 4.78 is 15.8. The summed E-state index contributed by atoms with van der Waals surface area (Å²) in [6.45, 7) is 2.14. The van der Waals surface area contributed by atoms with Crippen LogP contribution in [0.3, 0.4) is 0 Å². The number of methoxy groups -OCH3 is 2. The van der Waals surface area contributed by atoms with Crippen LogP contribution in [-0.2, 0) is 6.54 Å². The normalized spacial score (nSPS) is 18.8. The van der Waals surface area contributed by atoms with Gasteiger partial charge in [0.1, 0.15) is 0 Å². The molecule has 1 atom stereocenters. The maximum absolute atomic E-state index is 9.71. The van der Waals surface area contributed by atoms with Gasteiger partial charge in [-0.15, -0.1) is 0 Å². The van der Waals surface area contributed by atoms with Gasteiger partial charge in [-0.05, 0) is 37.6 Å². The molecule has 2 aromatic rings. The standard InChI is InChI=1S/C16H21N3O4/c1-21-13-6-5-11(8-14(13)22-2)16-17-15(23-18-16)10-19-7-3-4-12(20)9-19/h5-6,8,12,20H,3-4,7,9-10H2,1-2H3. The molecule has 124 valence electrons. The van der Waals surface area contributed by atoms with Crippen molar-refractivity contribution in [2.45, 2.75) is 25.5 Å². The third-order valence-corrected chi connectivity index (χ3v) is 3.95. The first kappa shape index (κ1) is 15.8. The van der Waals surface area contributed by atoms with Gasteiger partial charge >= 0.3 is 0 Å². The molecule has 7 nitrogen and oxygen atoms in total. The van der Waals surface area contributed by atoms with Crippen LogP contribution >= 0.6 is 0 Å². The average molecular weight is 319 g/mol. The van der Waals surface area contributed by atoms with Crippen molar-refractivity contribution in [1.82, 2.24) is 15.0 Å². The van der Waals surface area contributed by atoms with E-state index in [9.17, 15) is 5.11 Å². The summed E-state index contributed by atoms with van der Waals surface area (Å²) in [6.07, 6.45) is 1.58. The van der Waals surface area contributed by atoms with Crippen molar-refractivity contribution >= 4 is 0 Å². The minimum atomic E-state index is -0.267. The Morgan fingerprint density at radius 1 is 1.30 bits per heavy atom. The Bertz CT molecular complexity index is 659. The molecule has 1 aromatic carbocycles. The molecule has 1 aliphatic heterocycles. The highest BCUT2D eigenvalue weighted by atomic mass is 16.5. The first-order valence-corrected chi connectivity index (χ1v) is 7.65. The van der Waals surface area contributed by atoms with E-state index in [0.717, 1.165) is 24.9 Å². The number of aliphatic hydroxyl groups is 1. The van der Waals surface area contributed by atoms with Crippen molar-refractivity contribution < 1.29 is 19.1 Å². The van der Waals surface area contributed by atoms with Crippen LogP contribution in [0, 0.1) is 0 Å². The Morgan fingerprint density at radius 2 is 2.13 bits per heavy atom. The van der Waals surface area contributed by atoms with E-state index in [4.69, 9.17) is 14.0 Å². The summed E-state index contributed by atoms with van der Waals surface area (Å²) in [5.74, 6) is 2.33. The molecule has 1 aliphatic rings. The van der Waals surface area contributed by atoms with E-state index in [-0.39, 0.29) is 6.10 Å². The number of hydrogen-bond acceptors (Lipinski definition) is 7. The molecule has 0 saturated carbocycles. The third-order valence-electron chi connectivity index (χ3n) is 3.95. The Balaban J connectivity index is 1.74. The molecule has 2 heterocycles. The molecule has 1 saturated heterocycles. The Hall–Kier alpha value is -2.12. The Labute approximate surface area is 134 Å². The number of nitrogens with zero attached hydrogens (tertiary/aromatic N) is 3. The molecule has 7 heteroatoms. The van der Waals surface area contributed by atoms with E-state index in [1.807, 2.05) is 18.2 Å². The predicted octanol–water partition coefficient (Wildman–Crippen LogP) is 1.71. The molecule has 3 rings (SSSR count). The molecule has 1 aromatic heterocycles. The molecule has 0 aliphatic carbocycles. The van der Waals surface area contributed by atoms with E-state index < -0.39 is 0 Å². The average Bonchev–Trinajstić information content (AvgIpc) is 3.02. The third kappa shape index (κ3) is 3.62. The van der Waals surface area contributed by atoms with Gasteiger partial charge in [-0.3, -0.25) is 4.90 Å². The highest BCUT2D eigenvalue weighted by Crippen LogP contribution is 2.31. The molecular weight excluding hydrogens is 298 g/mol. The zero-order valence-electron chi connectivity index (χ0n) is 13.4. The van der Waals surface area contributed by atoms with Crippen LogP contribution in [0.4, 0.5) is 0 Å². The molecule has 1 fully saturated rings. The summed E-state index contributed by atoms with van der Waals surface area (Å²) >= 11 is 0. The molecule has 0 spiro atoms. The van der Waals surface area contributed by atoms with E-state index >= 15 is 0 Å². The second kappa shape index (κ2) is 6.97.